The minimum absolute atomic E-state index is 0. The van der Waals surface area contributed by atoms with E-state index < -0.39 is 0 Å². The van der Waals surface area contributed by atoms with E-state index in [-0.39, 0.29) is 67.9 Å². The second kappa shape index (κ2) is 17.7. The molecule has 26 valence electrons. The maximum absolute atomic E-state index is 8.00. The van der Waals surface area contributed by atoms with E-state index in [4.69, 9.17) is 10.1 Å². The summed E-state index contributed by atoms with van der Waals surface area (Å²) in [6, 6.07) is 0. The van der Waals surface area contributed by atoms with Gasteiger partial charge in [0, 0.05) is 0 Å². The van der Waals surface area contributed by atoms with Crippen molar-refractivity contribution < 1.29 is 67.9 Å². The van der Waals surface area contributed by atoms with Crippen molar-refractivity contribution in [3.8, 4) is 0 Å². The smallest absolute Gasteiger partial charge is 0.444 e. The van der Waals surface area contributed by atoms with E-state index in [1.165, 1.54) is 0 Å². The molecule has 0 aromatic heterocycles. The van der Waals surface area contributed by atoms with E-state index >= 15 is 0 Å². The van der Waals surface area contributed by atoms with Crippen molar-refractivity contribution >= 4 is 0 Å². The quantitative estimate of drug-likeness (QED) is 0.210. The number of hydrogen-bond acceptors (Lipinski definition) is 3. The van der Waals surface area contributed by atoms with Crippen LogP contribution in [0.25, 0.3) is 0 Å². The Morgan fingerprint density at radius 3 is 1.60 bits per heavy atom. The molecular formula is KNNiO2+2. The van der Waals surface area contributed by atoms with Crippen LogP contribution in [0.1, 0.15) is 0 Å². The predicted molar refractivity (Wildman–Crippen MR) is 9.16 cm³/mol. The van der Waals surface area contributed by atoms with Crippen LogP contribution in [0.2, 0.25) is 0 Å². The molecule has 0 aromatic carbocycles. The topological polar surface area (TPSA) is 52.5 Å². The Labute approximate surface area is 81.8 Å². The molecule has 0 heterocycles. The molecule has 3 nitrogen and oxygen atoms in total. The molecule has 0 saturated carbocycles. The zero-order chi connectivity index (χ0) is 2.71. The molecular weight excluding hydrogens is 144 g/mol. The Balaban J connectivity index is -0.0000000200. The van der Waals surface area contributed by atoms with E-state index in [1.54, 1.807) is 0 Å². The first kappa shape index (κ1) is 16.0. The first-order valence-electron chi connectivity index (χ1n) is 0.365. The second-order valence-electron chi connectivity index (χ2n) is 0.0745. The molecule has 0 aliphatic rings. The number of nitrogens with zero attached hydrogens (tertiary/aromatic N) is 1. The van der Waals surface area contributed by atoms with E-state index in [2.05, 4.69) is 0 Å². The van der Waals surface area contributed by atoms with Gasteiger partial charge in [-0.15, -0.1) is 5.34 Å². The van der Waals surface area contributed by atoms with Crippen molar-refractivity contribution in [1.82, 2.24) is 0 Å². The molecule has 5 heavy (non-hydrogen) atoms. The molecule has 5 heteroatoms. The SMILES string of the molecule is O=N[O-].[K+].[Ni+2]. The van der Waals surface area contributed by atoms with Gasteiger partial charge in [-0.3, -0.25) is 0 Å². The minimum atomic E-state index is 0. The van der Waals surface area contributed by atoms with Crippen molar-refractivity contribution in [3.05, 3.63) is 10.1 Å². The largest absolute Gasteiger partial charge is 2.00 e. The van der Waals surface area contributed by atoms with Crippen LogP contribution in [-0.2, 0) is 16.5 Å². The van der Waals surface area contributed by atoms with Crippen molar-refractivity contribution in [2.24, 2.45) is 5.34 Å². The Bertz CT molecular complexity index is 17.1. The third-order valence-corrected chi connectivity index (χ3v) is 0. The maximum Gasteiger partial charge on any atom is 2.00 e. The third kappa shape index (κ3) is 29.4. The Morgan fingerprint density at radius 1 is 1.60 bits per heavy atom. The zero-order valence-corrected chi connectivity index (χ0v) is 6.69. The van der Waals surface area contributed by atoms with Crippen LogP contribution < -0.4 is 51.4 Å². The fraction of sp³-hybridized carbons (Fsp3) is 0. The third-order valence-electron chi connectivity index (χ3n) is 0. The molecule has 0 aromatic rings. The van der Waals surface area contributed by atoms with Crippen LogP contribution in [-0.4, -0.2) is 0 Å². The molecule has 0 fully saturated rings. The molecule has 0 bridgehead atoms. The van der Waals surface area contributed by atoms with Gasteiger partial charge in [0.25, 0.3) is 0 Å². The summed E-state index contributed by atoms with van der Waals surface area (Å²) >= 11 is 0. The van der Waals surface area contributed by atoms with Crippen LogP contribution in [0.3, 0.4) is 0 Å². The standard InChI is InChI=1S/K.HNO2.Ni/c;2-1-3;/h;(H,2,3);/q+1;;+2/p-1. The summed E-state index contributed by atoms with van der Waals surface area (Å²) in [5.74, 6) is 0. The molecule has 0 N–H and O–H groups in total. The molecule has 0 amide bonds. The van der Waals surface area contributed by atoms with E-state index in [0.29, 0.717) is 0 Å². The van der Waals surface area contributed by atoms with Crippen LogP contribution >= 0.6 is 0 Å². The monoisotopic (exact) mass is 143 g/mol. The van der Waals surface area contributed by atoms with Crippen LogP contribution in [0.5, 0.6) is 0 Å². The zero-order valence-electron chi connectivity index (χ0n) is 2.58. The predicted octanol–water partition coefficient (Wildman–Crippen LogP) is -2.75. The first-order valence-corrected chi connectivity index (χ1v) is 0.365. The maximum atomic E-state index is 8.00. The molecule has 0 radical (unpaired) electrons. The minimum Gasteiger partial charge on any atom is -0.444 e. The fourth-order valence-corrected chi connectivity index (χ4v) is 0. The van der Waals surface area contributed by atoms with Crippen molar-refractivity contribution in [2.45, 2.75) is 0 Å². The summed E-state index contributed by atoms with van der Waals surface area (Å²) in [5, 5.41) is 9.00. The fourth-order valence-electron chi connectivity index (χ4n) is 0. The van der Waals surface area contributed by atoms with E-state index in [9.17, 15) is 0 Å². The molecule has 0 rings (SSSR count). The van der Waals surface area contributed by atoms with Gasteiger partial charge in [-0.1, -0.05) is 0 Å². The molecule has 0 unspecified atom stereocenters. The van der Waals surface area contributed by atoms with Gasteiger partial charge in [0.2, 0.25) is 0 Å². The van der Waals surface area contributed by atoms with E-state index in [1.807, 2.05) is 0 Å². The first-order chi connectivity index (χ1) is 1.41. The van der Waals surface area contributed by atoms with Crippen molar-refractivity contribution in [1.29, 1.82) is 0 Å². The average molecular weight is 144 g/mol. The molecule has 0 saturated heterocycles. The number of hydrogen-bond donors (Lipinski definition) is 0. The Morgan fingerprint density at radius 2 is 1.60 bits per heavy atom. The molecule has 0 spiro atoms. The second-order valence-corrected chi connectivity index (χ2v) is 0.0745. The van der Waals surface area contributed by atoms with Gasteiger partial charge < -0.3 is 10.1 Å². The van der Waals surface area contributed by atoms with Gasteiger partial charge in [-0.2, -0.15) is 0 Å². The average Bonchev–Trinajstić information content (AvgIpc) is 0.918. The van der Waals surface area contributed by atoms with Gasteiger partial charge >= 0.3 is 67.9 Å². The van der Waals surface area contributed by atoms with Gasteiger partial charge in [-0.25, -0.2) is 0 Å². The van der Waals surface area contributed by atoms with Gasteiger partial charge in [0.15, 0.2) is 0 Å². The number of rotatable bonds is 0. The molecule has 0 aliphatic heterocycles. The van der Waals surface area contributed by atoms with Gasteiger partial charge in [0.05, 0.1) is 0 Å². The summed E-state index contributed by atoms with van der Waals surface area (Å²) in [6.45, 7) is 0. The molecule has 0 atom stereocenters. The summed E-state index contributed by atoms with van der Waals surface area (Å²) in [6.07, 6.45) is 0. The summed E-state index contributed by atoms with van der Waals surface area (Å²) in [4.78, 5) is 8.00. The van der Waals surface area contributed by atoms with Crippen LogP contribution in [0.15, 0.2) is 5.34 Å². The van der Waals surface area contributed by atoms with Crippen molar-refractivity contribution in [2.75, 3.05) is 0 Å². The van der Waals surface area contributed by atoms with E-state index in [0.717, 1.165) is 5.34 Å². The summed E-state index contributed by atoms with van der Waals surface area (Å²) in [7, 11) is 0. The Kier molecular flexibility index (Phi) is 56.8. The van der Waals surface area contributed by atoms with Gasteiger partial charge in [0.1, 0.15) is 0 Å². The summed E-state index contributed by atoms with van der Waals surface area (Å²) < 4.78 is 0. The normalized spacial score (nSPS) is 2.40. The van der Waals surface area contributed by atoms with Crippen molar-refractivity contribution in [3.63, 3.8) is 0 Å². The summed E-state index contributed by atoms with van der Waals surface area (Å²) in [5.41, 5.74) is 0. The van der Waals surface area contributed by atoms with Gasteiger partial charge in [-0.05, 0) is 0 Å². The molecule has 0 aliphatic carbocycles. The van der Waals surface area contributed by atoms with Crippen LogP contribution in [0.4, 0.5) is 0 Å². The van der Waals surface area contributed by atoms with Crippen LogP contribution in [0, 0.1) is 10.1 Å². The Hall–Kier alpha value is 1.53.